The van der Waals surface area contributed by atoms with E-state index in [0.29, 0.717) is 43.5 Å². The second kappa shape index (κ2) is 12.1. The summed E-state index contributed by atoms with van der Waals surface area (Å²) in [7, 11) is 0. The van der Waals surface area contributed by atoms with Crippen molar-refractivity contribution in [3.8, 4) is 23.3 Å². The van der Waals surface area contributed by atoms with Crippen LogP contribution in [0.4, 0.5) is 11.6 Å². The van der Waals surface area contributed by atoms with Crippen molar-refractivity contribution in [3.05, 3.63) is 53.4 Å². The van der Waals surface area contributed by atoms with Crippen molar-refractivity contribution in [1.29, 1.82) is 5.26 Å². The lowest BCUT2D eigenvalue weighted by Crippen LogP contribution is -2.37. The van der Waals surface area contributed by atoms with Gasteiger partial charge in [0.25, 0.3) is 0 Å². The van der Waals surface area contributed by atoms with Crippen molar-refractivity contribution < 1.29 is 18.7 Å². The predicted octanol–water partition coefficient (Wildman–Crippen LogP) is 3.69. The number of aromatic nitrogens is 2. The van der Waals surface area contributed by atoms with Crippen molar-refractivity contribution in [3.63, 3.8) is 0 Å². The van der Waals surface area contributed by atoms with Crippen LogP contribution >= 0.6 is 0 Å². The van der Waals surface area contributed by atoms with Crippen LogP contribution < -0.4 is 10.1 Å². The predicted molar refractivity (Wildman–Crippen MR) is 141 cm³/mol. The quantitative estimate of drug-likeness (QED) is 0.425. The highest BCUT2D eigenvalue weighted by Gasteiger charge is 2.25. The molecule has 1 amide bonds. The maximum absolute atomic E-state index is 12.1. The van der Waals surface area contributed by atoms with Gasteiger partial charge in [-0.05, 0) is 61.2 Å². The number of nitrogens with one attached hydrogen (secondary N) is 1. The Labute approximate surface area is 222 Å². The van der Waals surface area contributed by atoms with E-state index in [4.69, 9.17) is 24.1 Å². The SMILES string of the molecule is Cc1cnc(Nc2ccc(OCCCN3CCOCC3)cc2)nc1-c1cc2c(o1)CN(C(=O)CC#N)CC2. The van der Waals surface area contributed by atoms with Crippen molar-refractivity contribution in [1.82, 2.24) is 19.8 Å². The molecule has 1 aromatic carbocycles. The van der Waals surface area contributed by atoms with Crippen LogP contribution in [-0.4, -0.2) is 71.7 Å². The average Bonchev–Trinajstić information content (AvgIpc) is 3.37. The highest BCUT2D eigenvalue weighted by molar-refractivity contribution is 5.78. The molecule has 1 N–H and O–H groups in total. The number of benzene rings is 1. The minimum Gasteiger partial charge on any atom is -0.494 e. The number of aryl methyl sites for hydroxylation is 1. The fourth-order valence-corrected chi connectivity index (χ4v) is 4.65. The molecule has 5 rings (SSSR count). The molecule has 2 aliphatic heterocycles. The van der Waals surface area contributed by atoms with Gasteiger partial charge in [0.15, 0.2) is 5.76 Å². The van der Waals surface area contributed by atoms with Crippen LogP contribution in [-0.2, 0) is 22.5 Å². The molecule has 0 unspecified atom stereocenters. The molecular weight excluding hydrogens is 484 g/mol. The fourth-order valence-electron chi connectivity index (χ4n) is 4.65. The number of nitrogens with zero attached hydrogens (tertiary/aromatic N) is 5. The number of amides is 1. The second-order valence-electron chi connectivity index (χ2n) is 9.49. The molecule has 10 heteroatoms. The molecular formula is C28H32N6O4. The number of anilines is 2. The standard InChI is InChI=1S/C28H32N6O4/c1-20-18-30-28(31-22-3-5-23(6-4-22)37-14-2-10-33-12-15-36-16-13-33)32-27(20)24-17-21-8-11-34(19-25(21)38-24)26(35)7-9-29/h3-6,17-18H,2,7-8,10-16,19H2,1H3,(H,30,31,32). The summed E-state index contributed by atoms with van der Waals surface area (Å²) >= 11 is 0. The lowest BCUT2D eigenvalue weighted by Gasteiger charge is -2.26. The average molecular weight is 517 g/mol. The van der Waals surface area contributed by atoms with Crippen LogP contribution in [0.15, 0.2) is 40.9 Å². The van der Waals surface area contributed by atoms with Gasteiger partial charge in [0.1, 0.15) is 23.6 Å². The van der Waals surface area contributed by atoms with Crippen LogP contribution in [0.2, 0.25) is 0 Å². The Bertz CT molecular complexity index is 1290. The first-order chi connectivity index (χ1) is 18.6. The molecule has 10 nitrogen and oxygen atoms in total. The molecule has 0 spiro atoms. The molecule has 2 aromatic heterocycles. The number of ether oxygens (including phenoxy) is 2. The van der Waals surface area contributed by atoms with Gasteiger partial charge >= 0.3 is 0 Å². The summed E-state index contributed by atoms with van der Waals surface area (Å²) in [5, 5.41) is 12.1. The summed E-state index contributed by atoms with van der Waals surface area (Å²) in [5.74, 6) is 2.50. The third-order valence-corrected chi connectivity index (χ3v) is 6.77. The number of hydrogen-bond donors (Lipinski definition) is 1. The molecule has 1 fully saturated rings. The van der Waals surface area contributed by atoms with Gasteiger partial charge in [-0.3, -0.25) is 9.69 Å². The number of morpholine rings is 1. The first kappa shape index (κ1) is 25.7. The lowest BCUT2D eigenvalue weighted by molar-refractivity contribution is -0.131. The van der Waals surface area contributed by atoms with Crippen molar-refractivity contribution in [2.75, 3.05) is 51.3 Å². The summed E-state index contributed by atoms with van der Waals surface area (Å²) in [6, 6.07) is 11.7. The summed E-state index contributed by atoms with van der Waals surface area (Å²) in [6.45, 7) is 8.20. The van der Waals surface area contributed by atoms with Gasteiger partial charge in [0.2, 0.25) is 11.9 Å². The molecule has 0 atom stereocenters. The summed E-state index contributed by atoms with van der Waals surface area (Å²) in [4.78, 5) is 25.3. The van der Waals surface area contributed by atoms with Crippen molar-refractivity contribution in [2.45, 2.75) is 32.7 Å². The van der Waals surface area contributed by atoms with Crippen LogP contribution in [0.25, 0.3) is 11.5 Å². The smallest absolute Gasteiger partial charge is 0.237 e. The third kappa shape index (κ3) is 6.30. The lowest BCUT2D eigenvalue weighted by atomic mass is 10.1. The summed E-state index contributed by atoms with van der Waals surface area (Å²) < 4.78 is 17.4. The Morgan fingerprint density at radius 1 is 1.21 bits per heavy atom. The molecule has 0 aliphatic carbocycles. The fraction of sp³-hybridized carbons (Fsp3) is 0.429. The zero-order chi connectivity index (χ0) is 26.3. The van der Waals surface area contributed by atoms with E-state index in [1.807, 2.05) is 43.3 Å². The second-order valence-corrected chi connectivity index (χ2v) is 9.49. The van der Waals surface area contributed by atoms with E-state index in [-0.39, 0.29) is 12.3 Å². The molecule has 0 radical (unpaired) electrons. The monoisotopic (exact) mass is 516 g/mol. The van der Waals surface area contributed by atoms with Crippen molar-refractivity contribution >= 4 is 17.5 Å². The van der Waals surface area contributed by atoms with Gasteiger partial charge < -0.3 is 24.1 Å². The van der Waals surface area contributed by atoms with E-state index in [1.54, 1.807) is 11.1 Å². The summed E-state index contributed by atoms with van der Waals surface area (Å²) in [5.41, 5.74) is 3.51. The van der Waals surface area contributed by atoms with Gasteiger partial charge in [0, 0.05) is 38.1 Å². The zero-order valence-electron chi connectivity index (χ0n) is 21.6. The number of carbonyl (C=O) groups is 1. The van der Waals surface area contributed by atoms with Gasteiger partial charge in [0.05, 0.1) is 32.4 Å². The number of rotatable bonds is 9. The minimum atomic E-state index is -0.176. The van der Waals surface area contributed by atoms with E-state index < -0.39 is 0 Å². The van der Waals surface area contributed by atoms with E-state index in [2.05, 4.69) is 15.2 Å². The van der Waals surface area contributed by atoms with E-state index in [0.717, 1.165) is 67.6 Å². The van der Waals surface area contributed by atoms with Crippen LogP contribution in [0, 0.1) is 18.3 Å². The highest BCUT2D eigenvalue weighted by Crippen LogP contribution is 2.31. The highest BCUT2D eigenvalue weighted by atomic mass is 16.5. The van der Waals surface area contributed by atoms with Gasteiger partial charge in [-0.1, -0.05) is 0 Å². The Kier molecular flexibility index (Phi) is 8.16. The largest absolute Gasteiger partial charge is 0.494 e. The Balaban J connectivity index is 1.18. The van der Waals surface area contributed by atoms with Gasteiger partial charge in [-0.15, -0.1) is 0 Å². The van der Waals surface area contributed by atoms with E-state index in [9.17, 15) is 4.79 Å². The molecule has 0 saturated carbocycles. The molecule has 2 aliphatic rings. The van der Waals surface area contributed by atoms with Crippen LogP contribution in [0.1, 0.15) is 29.7 Å². The molecule has 38 heavy (non-hydrogen) atoms. The maximum Gasteiger partial charge on any atom is 0.237 e. The molecule has 1 saturated heterocycles. The van der Waals surface area contributed by atoms with Gasteiger partial charge in [-0.25, -0.2) is 9.97 Å². The zero-order valence-corrected chi connectivity index (χ0v) is 21.6. The minimum absolute atomic E-state index is 0.120. The topological polar surface area (TPSA) is 117 Å². The number of fused-ring (bicyclic) bond motifs is 1. The number of furan rings is 1. The first-order valence-corrected chi connectivity index (χ1v) is 13.0. The van der Waals surface area contributed by atoms with Crippen molar-refractivity contribution in [2.24, 2.45) is 0 Å². The molecule has 198 valence electrons. The Morgan fingerprint density at radius 3 is 2.82 bits per heavy atom. The van der Waals surface area contributed by atoms with E-state index in [1.165, 1.54) is 0 Å². The van der Waals surface area contributed by atoms with Crippen LogP contribution in [0.3, 0.4) is 0 Å². The first-order valence-electron chi connectivity index (χ1n) is 13.0. The van der Waals surface area contributed by atoms with E-state index >= 15 is 0 Å². The molecule has 3 aromatic rings. The Morgan fingerprint density at radius 2 is 2.03 bits per heavy atom. The van der Waals surface area contributed by atoms with Gasteiger partial charge in [-0.2, -0.15) is 5.26 Å². The maximum atomic E-state index is 12.1. The third-order valence-electron chi connectivity index (χ3n) is 6.77. The number of nitriles is 1. The Hall–Kier alpha value is -3.94. The van der Waals surface area contributed by atoms with Crippen LogP contribution in [0.5, 0.6) is 5.75 Å². The number of hydrogen-bond acceptors (Lipinski definition) is 9. The molecule has 4 heterocycles. The summed E-state index contributed by atoms with van der Waals surface area (Å²) in [6.07, 6.45) is 3.31. The number of carbonyl (C=O) groups excluding carboxylic acids is 1. The normalized spacial score (nSPS) is 15.5. The molecule has 0 bridgehead atoms.